The maximum atomic E-state index is 11.4. The van der Waals surface area contributed by atoms with E-state index in [9.17, 15) is 15.0 Å². The molecular formula is C25H29Cl3N2O4. The monoisotopic (exact) mass is 526 g/mol. The van der Waals surface area contributed by atoms with Gasteiger partial charge in [-0.1, -0.05) is 54.9 Å². The summed E-state index contributed by atoms with van der Waals surface area (Å²) in [5.74, 6) is -0.609. The highest BCUT2D eigenvalue weighted by molar-refractivity contribution is 6.29. The number of pyridine rings is 1. The van der Waals surface area contributed by atoms with E-state index in [0.29, 0.717) is 24.1 Å². The van der Waals surface area contributed by atoms with Gasteiger partial charge in [-0.15, -0.1) is 24.8 Å². The number of ether oxygens (including phenoxy) is 1. The van der Waals surface area contributed by atoms with Gasteiger partial charge in [0.05, 0.1) is 12.7 Å². The fraction of sp³-hybridized carbons (Fsp3) is 0.280. The van der Waals surface area contributed by atoms with Gasteiger partial charge in [0.2, 0.25) is 0 Å². The molecule has 0 bridgehead atoms. The Morgan fingerprint density at radius 3 is 2.41 bits per heavy atom. The maximum Gasteiger partial charge on any atom is 0.339 e. The lowest BCUT2D eigenvalue weighted by molar-refractivity contribution is 0.0692. The van der Waals surface area contributed by atoms with Gasteiger partial charge in [-0.3, -0.25) is 0 Å². The first-order valence-corrected chi connectivity index (χ1v) is 11.0. The molecule has 0 amide bonds. The third-order valence-corrected chi connectivity index (χ3v) is 5.25. The SMILES string of the molecule is CCCOc1cc(-c2ccc(CCNC[C@@H](O)c3ccc(Cl)nc3)cc2)ccc1C(=O)O.Cl.Cl. The Morgan fingerprint density at radius 1 is 1.09 bits per heavy atom. The van der Waals surface area contributed by atoms with Crippen LogP contribution in [0.15, 0.2) is 60.8 Å². The van der Waals surface area contributed by atoms with Crippen molar-refractivity contribution in [3.63, 3.8) is 0 Å². The Labute approximate surface area is 217 Å². The van der Waals surface area contributed by atoms with E-state index in [-0.39, 0.29) is 30.4 Å². The highest BCUT2D eigenvalue weighted by Gasteiger charge is 2.13. The second-order valence-electron chi connectivity index (χ2n) is 7.45. The fourth-order valence-electron chi connectivity index (χ4n) is 3.25. The number of hydrogen-bond donors (Lipinski definition) is 3. The van der Waals surface area contributed by atoms with Crippen LogP contribution in [-0.4, -0.2) is 40.9 Å². The van der Waals surface area contributed by atoms with Crippen LogP contribution in [0.1, 0.15) is 40.9 Å². The molecule has 184 valence electrons. The van der Waals surface area contributed by atoms with Crippen molar-refractivity contribution in [1.82, 2.24) is 10.3 Å². The Morgan fingerprint density at radius 2 is 1.79 bits per heavy atom. The summed E-state index contributed by atoms with van der Waals surface area (Å²) in [6.07, 6.45) is 2.56. The van der Waals surface area contributed by atoms with E-state index in [0.717, 1.165) is 41.6 Å². The first-order valence-electron chi connectivity index (χ1n) is 10.6. The van der Waals surface area contributed by atoms with Crippen LogP contribution in [0.4, 0.5) is 0 Å². The Bertz CT molecular complexity index is 1030. The van der Waals surface area contributed by atoms with Gasteiger partial charge < -0.3 is 20.3 Å². The average Bonchev–Trinajstić information content (AvgIpc) is 2.81. The van der Waals surface area contributed by atoms with E-state index in [1.54, 1.807) is 36.5 Å². The van der Waals surface area contributed by atoms with Crippen molar-refractivity contribution in [1.29, 1.82) is 0 Å². The molecule has 3 aromatic rings. The molecule has 0 aliphatic heterocycles. The summed E-state index contributed by atoms with van der Waals surface area (Å²) in [5.41, 5.74) is 3.95. The van der Waals surface area contributed by atoms with Crippen LogP contribution in [0.25, 0.3) is 11.1 Å². The minimum absolute atomic E-state index is 0. The van der Waals surface area contributed by atoms with Gasteiger partial charge in [0.15, 0.2) is 0 Å². The predicted molar refractivity (Wildman–Crippen MR) is 140 cm³/mol. The standard InChI is InChI=1S/C25H27ClN2O4.2ClH/c1-2-13-32-23-14-19(7-9-21(23)25(30)31)18-5-3-17(4-6-18)11-12-27-16-22(29)20-8-10-24(26)28-15-20;;/h3-10,14-15,22,27,29H,2,11-13,16H2,1H3,(H,30,31);2*1H/t22-;;/m1../s1. The number of nitrogens with zero attached hydrogens (tertiary/aromatic N) is 1. The van der Waals surface area contributed by atoms with Crippen LogP contribution in [0.2, 0.25) is 5.15 Å². The lowest BCUT2D eigenvalue weighted by Gasteiger charge is -2.12. The lowest BCUT2D eigenvalue weighted by Crippen LogP contribution is -2.23. The normalized spacial score (nSPS) is 11.1. The fourth-order valence-corrected chi connectivity index (χ4v) is 3.36. The van der Waals surface area contributed by atoms with Crippen LogP contribution in [0.5, 0.6) is 5.75 Å². The van der Waals surface area contributed by atoms with Crippen LogP contribution in [0.3, 0.4) is 0 Å². The highest BCUT2D eigenvalue weighted by atomic mass is 35.5. The van der Waals surface area contributed by atoms with Crippen molar-refractivity contribution in [3.05, 3.63) is 82.6 Å². The molecule has 0 spiro atoms. The second kappa shape index (κ2) is 14.8. The van der Waals surface area contributed by atoms with Gasteiger partial charge in [0.1, 0.15) is 16.5 Å². The van der Waals surface area contributed by atoms with Crippen molar-refractivity contribution < 1.29 is 19.7 Å². The molecular weight excluding hydrogens is 499 g/mol. The Balaban J connectivity index is 0.00000289. The number of carboxylic acids is 1. The molecule has 3 N–H and O–H groups in total. The molecule has 0 fully saturated rings. The van der Waals surface area contributed by atoms with Crippen molar-refractivity contribution in [2.45, 2.75) is 25.9 Å². The van der Waals surface area contributed by atoms with E-state index < -0.39 is 12.1 Å². The third kappa shape index (κ3) is 8.46. The number of aromatic nitrogens is 1. The molecule has 9 heteroatoms. The lowest BCUT2D eigenvalue weighted by atomic mass is 10.0. The molecule has 0 aliphatic carbocycles. The maximum absolute atomic E-state index is 11.4. The molecule has 0 saturated heterocycles. The smallest absolute Gasteiger partial charge is 0.339 e. The van der Waals surface area contributed by atoms with E-state index in [2.05, 4.69) is 10.3 Å². The molecule has 0 saturated carbocycles. The number of aliphatic hydroxyl groups excluding tert-OH is 1. The highest BCUT2D eigenvalue weighted by Crippen LogP contribution is 2.28. The quantitative estimate of drug-likeness (QED) is 0.222. The van der Waals surface area contributed by atoms with Gasteiger partial charge in [-0.25, -0.2) is 9.78 Å². The summed E-state index contributed by atoms with van der Waals surface area (Å²) >= 11 is 5.77. The number of nitrogens with one attached hydrogen (secondary N) is 1. The van der Waals surface area contributed by atoms with E-state index >= 15 is 0 Å². The number of aromatic carboxylic acids is 1. The molecule has 2 aromatic carbocycles. The van der Waals surface area contributed by atoms with Gasteiger partial charge in [-0.05, 0) is 54.3 Å². The molecule has 1 atom stereocenters. The Hall–Kier alpha value is -2.35. The molecule has 3 rings (SSSR count). The first-order chi connectivity index (χ1) is 15.5. The molecule has 0 unspecified atom stereocenters. The zero-order valence-corrected chi connectivity index (χ0v) is 21.1. The zero-order chi connectivity index (χ0) is 22.9. The summed E-state index contributed by atoms with van der Waals surface area (Å²) in [6, 6.07) is 16.7. The van der Waals surface area contributed by atoms with E-state index in [4.69, 9.17) is 16.3 Å². The summed E-state index contributed by atoms with van der Waals surface area (Å²) < 4.78 is 5.64. The van der Waals surface area contributed by atoms with Gasteiger partial charge >= 0.3 is 5.97 Å². The predicted octanol–water partition coefficient (Wildman–Crippen LogP) is 5.60. The summed E-state index contributed by atoms with van der Waals surface area (Å²) in [6.45, 7) is 3.60. The van der Waals surface area contributed by atoms with Crippen LogP contribution in [0, 0.1) is 0 Å². The summed E-state index contributed by atoms with van der Waals surface area (Å²) in [4.78, 5) is 15.4. The average molecular weight is 528 g/mol. The van der Waals surface area contributed by atoms with E-state index in [1.807, 2.05) is 31.2 Å². The first kappa shape index (κ1) is 29.7. The molecule has 34 heavy (non-hydrogen) atoms. The number of halogens is 3. The van der Waals surface area contributed by atoms with Crippen LogP contribution in [-0.2, 0) is 6.42 Å². The topological polar surface area (TPSA) is 91.7 Å². The zero-order valence-electron chi connectivity index (χ0n) is 18.7. The van der Waals surface area contributed by atoms with Crippen molar-refractivity contribution in [3.8, 4) is 16.9 Å². The molecule has 1 heterocycles. The number of hydrogen-bond acceptors (Lipinski definition) is 5. The van der Waals surface area contributed by atoms with Crippen molar-refractivity contribution in [2.75, 3.05) is 19.7 Å². The van der Waals surface area contributed by atoms with Crippen LogP contribution >= 0.6 is 36.4 Å². The van der Waals surface area contributed by atoms with Gasteiger partial charge in [0, 0.05) is 18.3 Å². The third-order valence-electron chi connectivity index (χ3n) is 5.02. The minimum atomic E-state index is -0.997. The minimum Gasteiger partial charge on any atom is -0.493 e. The number of carbonyl (C=O) groups is 1. The molecule has 6 nitrogen and oxygen atoms in total. The number of rotatable bonds is 11. The van der Waals surface area contributed by atoms with Crippen molar-refractivity contribution in [2.24, 2.45) is 0 Å². The number of aliphatic hydroxyl groups is 1. The molecule has 0 aliphatic rings. The largest absolute Gasteiger partial charge is 0.493 e. The molecule has 0 radical (unpaired) electrons. The second-order valence-corrected chi connectivity index (χ2v) is 7.83. The summed E-state index contributed by atoms with van der Waals surface area (Å²) in [7, 11) is 0. The van der Waals surface area contributed by atoms with Gasteiger partial charge in [-0.2, -0.15) is 0 Å². The summed E-state index contributed by atoms with van der Waals surface area (Å²) in [5, 5.41) is 23.2. The van der Waals surface area contributed by atoms with Crippen molar-refractivity contribution >= 4 is 42.4 Å². The van der Waals surface area contributed by atoms with Gasteiger partial charge in [0.25, 0.3) is 0 Å². The molecule has 1 aromatic heterocycles. The Kier molecular flexibility index (Phi) is 12.9. The van der Waals surface area contributed by atoms with Crippen LogP contribution < -0.4 is 10.1 Å². The van der Waals surface area contributed by atoms with E-state index in [1.165, 1.54) is 0 Å². The number of carboxylic acid groups (broad SMARTS) is 1. The number of benzene rings is 2.